The maximum absolute atomic E-state index is 12.5. The second-order valence-corrected chi connectivity index (χ2v) is 8.49. The molecule has 2 aromatic carbocycles. The molecule has 2 aromatic heterocycles. The summed E-state index contributed by atoms with van der Waals surface area (Å²) in [5.41, 5.74) is 5.40. The number of hydrogen-bond donors (Lipinski definition) is 4. The molecule has 0 aliphatic carbocycles. The molecule has 0 fully saturated rings. The second kappa shape index (κ2) is 8.86. The molecule has 1 aliphatic heterocycles. The number of hydrogen-bond acceptors (Lipinski definition) is 6. The van der Waals surface area contributed by atoms with E-state index >= 15 is 0 Å². The number of carbonyl (C=O) groups is 1. The van der Waals surface area contributed by atoms with Gasteiger partial charge in [-0.1, -0.05) is 23.7 Å². The van der Waals surface area contributed by atoms with Crippen LogP contribution in [0.2, 0.25) is 5.02 Å². The number of carbonyl (C=O) groups excluding carboxylic acids is 1. The Morgan fingerprint density at radius 1 is 1.03 bits per heavy atom. The number of thiophene rings is 1. The fraction of sp³-hybridized carbons (Fsp3) is 0.0870. The first-order valence-corrected chi connectivity index (χ1v) is 11.3. The molecule has 6 bridgehead atoms. The third-order valence-electron chi connectivity index (χ3n) is 5.01. The fourth-order valence-electron chi connectivity index (χ4n) is 3.48. The summed E-state index contributed by atoms with van der Waals surface area (Å²) in [5.74, 6) is 0.957. The van der Waals surface area contributed by atoms with Crippen LogP contribution < -0.4 is 21.3 Å². The molecule has 0 radical (unpaired) electrons. The van der Waals surface area contributed by atoms with Crippen molar-refractivity contribution >= 4 is 63.5 Å². The molecule has 0 spiro atoms. The van der Waals surface area contributed by atoms with Gasteiger partial charge in [0, 0.05) is 22.4 Å². The molecule has 5 rings (SSSR count). The van der Waals surface area contributed by atoms with Gasteiger partial charge >= 0.3 is 6.03 Å². The summed E-state index contributed by atoms with van der Waals surface area (Å²) in [5, 5.41) is 16.5. The Labute approximate surface area is 193 Å². The van der Waals surface area contributed by atoms with E-state index in [1.165, 1.54) is 11.3 Å². The number of halogens is 1. The first kappa shape index (κ1) is 20.3. The van der Waals surface area contributed by atoms with Crippen LogP contribution in [0.25, 0.3) is 0 Å². The molecule has 9 heteroatoms. The molecule has 160 valence electrons. The van der Waals surface area contributed by atoms with Crippen LogP contribution in [0.4, 0.5) is 39.3 Å². The molecule has 4 N–H and O–H groups in total. The van der Waals surface area contributed by atoms with Crippen molar-refractivity contribution in [3.63, 3.8) is 0 Å². The van der Waals surface area contributed by atoms with E-state index in [-0.39, 0.29) is 6.03 Å². The molecule has 0 saturated carbocycles. The summed E-state index contributed by atoms with van der Waals surface area (Å²) < 4.78 is 0. The minimum absolute atomic E-state index is 0.280. The lowest BCUT2D eigenvalue weighted by molar-refractivity contribution is 0.262. The number of anilines is 6. The number of nitrogens with zero attached hydrogens (tertiary/aromatic N) is 2. The first-order valence-electron chi connectivity index (χ1n) is 10.0. The number of aryl methyl sites for hydroxylation is 2. The molecule has 1 aliphatic rings. The third kappa shape index (κ3) is 4.66. The molecule has 0 saturated heterocycles. The highest BCUT2D eigenvalue weighted by Crippen LogP contribution is 2.29. The van der Waals surface area contributed by atoms with E-state index in [0.717, 1.165) is 46.7 Å². The summed E-state index contributed by atoms with van der Waals surface area (Å²) in [7, 11) is 0. The molecule has 0 atom stereocenters. The Morgan fingerprint density at radius 3 is 2.81 bits per heavy atom. The van der Waals surface area contributed by atoms with E-state index in [2.05, 4.69) is 43.4 Å². The minimum atomic E-state index is -0.280. The van der Waals surface area contributed by atoms with E-state index in [9.17, 15) is 4.79 Å². The van der Waals surface area contributed by atoms with E-state index < -0.39 is 0 Å². The van der Waals surface area contributed by atoms with Gasteiger partial charge in [-0.15, -0.1) is 0 Å². The average Bonchev–Trinajstić information content (AvgIpc) is 3.29. The lowest BCUT2D eigenvalue weighted by Crippen LogP contribution is -2.20. The number of urea groups is 1. The van der Waals surface area contributed by atoms with Crippen LogP contribution in [0.15, 0.2) is 65.5 Å². The van der Waals surface area contributed by atoms with Crippen molar-refractivity contribution in [3.8, 4) is 0 Å². The molecular formula is C23H19ClN6OS. The van der Waals surface area contributed by atoms with E-state index in [1.807, 2.05) is 47.2 Å². The Bertz CT molecular complexity index is 1280. The Balaban J connectivity index is 1.49. The van der Waals surface area contributed by atoms with Crippen molar-refractivity contribution in [2.45, 2.75) is 12.8 Å². The number of fused-ring (bicyclic) bond motifs is 6. The van der Waals surface area contributed by atoms with Gasteiger partial charge in [-0.05, 0) is 65.7 Å². The van der Waals surface area contributed by atoms with Gasteiger partial charge < -0.3 is 21.3 Å². The summed E-state index contributed by atoms with van der Waals surface area (Å²) in [6.45, 7) is 0. The standard InChI is InChI=1S/C23H19ClN6OS/c24-19-12-25-22-27-16-3-1-2-14(10-16)4-5-15-11-17(26-21(19)30-22)6-7-20(15)29-23(31)28-18-8-9-32-13-18/h1-3,6-13H,4-5H2,(H2,28,29,31)(H2,25,26,27,30). The zero-order valence-corrected chi connectivity index (χ0v) is 18.4. The van der Waals surface area contributed by atoms with Gasteiger partial charge in [0.1, 0.15) is 5.02 Å². The number of benzene rings is 2. The summed E-state index contributed by atoms with van der Waals surface area (Å²) in [6, 6.07) is 15.5. The van der Waals surface area contributed by atoms with E-state index in [0.29, 0.717) is 16.8 Å². The lowest BCUT2D eigenvalue weighted by Gasteiger charge is -2.15. The van der Waals surface area contributed by atoms with E-state index in [1.54, 1.807) is 6.20 Å². The summed E-state index contributed by atoms with van der Waals surface area (Å²) in [6.07, 6.45) is 3.11. The smallest absolute Gasteiger partial charge is 0.323 e. The number of nitrogens with one attached hydrogen (secondary N) is 4. The third-order valence-corrected chi connectivity index (χ3v) is 5.97. The fourth-order valence-corrected chi connectivity index (χ4v) is 4.21. The van der Waals surface area contributed by atoms with Crippen LogP contribution >= 0.6 is 22.9 Å². The number of amides is 2. The van der Waals surface area contributed by atoms with E-state index in [4.69, 9.17) is 11.6 Å². The maximum atomic E-state index is 12.5. The predicted octanol–water partition coefficient (Wildman–Crippen LogP) is 6.42. The Morgan fingerprint density at radius 2 is 1.94 bits per heavy atom. The van der Waals surface area contributed by atoms with Gasteiger partial charge in [0.2, 0.25) is 5.95 Å². The van der Waals surface area contributed by atoms with Gasteiger partial charge in [-0.2, -0.15) is 16.3 Å². The highest BCUT2D eigenvalue weighted by molar-refractivity contribution is 7.08. The van der Waals surface area contributed by atoms with Crippen molar-refractivity contribution in [2.75, 3.05) is 21.3 Å². The largest absolute Gasteiger partial charge is 0.339 e. The van der Waals surface area contributed by atoms with Crippen LogP contribution in [-0.4, -0.2) is 16.0 Å². The molecule has 3 heterocycles. The predicted molar refractivity (Wildman–Crippen MR) is 131 cm³/mol. The average molecular weight is 463 g/mol. The van der Waals surface area contributed by atoms with Crippen molar-refractivity contribution in [3.05, 3.63) is 81.6 Å². The number of aromatic nitrogens is 2. The molecule has 32 heavy (non-hydrogen) atoms. The number of rotatable bonds is 2. The minimum Gasteiger partial charge on any atom is -0.339 e. The molecule has 4 aromatic rings. The lowest BCUT2D eigenvalue weighted by atomic mass is 10.0. The summed E-state index contributed by atoms with van der Waals surface area (Å²) in [4.78, 5) is 21.3. The quantitative estimate of drug-likeness (QED) is 0.276. The van der Waals surface area contributed by atoms with Gasteiger partial charge in [0.25, 0.3) is 0 Å². The van der Waals surface area contributed by atoms with Crippen molar-refractivity contribution in [1.82, 2.24) is 9.97 Å². The van der Waals surface area contributed by atoms with Crippen LogP contribution in [0.5, 0.6) is 0 Å². The van der Waals surface area contributed by atoms with Gasteiger partial charge in [0.15, 0.2) is 5.82 Å². The van der Waals surface area contributed by atoms with Gasteiger partial charge in [-0.25, -0.2) is 9.78 Å². The Kier molecular flexibility index (Phi) is 5.62. The van der Waals surface area contributed by atoms with Crippen LogP contribution in [0.1, 0.15) is 11.1 Å². The van der Waals surface area contributed by atoms with Crippen molar-refractivity contribution in [1.29, 1.82) is 0 Å². The molecular weight excluding hydrogens is 444 g/mol. The monoisotopic (exact) mass is 462 g/mol. The van der Waals surface area contributed by atoms with Crippen LogP contribution in [-0.2, 0) is 12.8 Å². The zero-order valence-electron chi connectivity index (χ0n) is 16.9. The highest BCUT2D eigenvalue weighted by Gasteiger charge is 2.13. The highest BCUT2D eigenvalue weighted by atomic mass is 35.5. The SMILES string of the molecule is O=C(Nc1ccsc1)Nc1ccc2cc1CCc1cccc(c1)Nc1ncc(Cl)c(n1)N2. The maximum Gasteiger partial charge on any atom is 0.323 e. The normalized spacial score (nSPS) is 12.3. The second-order valence-electron chi connectivity index (χ2n) is 7.30. The van der Waals surface area contributed by atoms with Gasteiger partial charge in [-0.3, -0.25) is 0 Å². The topological polar surface area (TPSA) is 91.0 Å². The zero-order chi connectivity index (χ0) is 21.9. The van der Waals surface area contributed by atoms with Crippen LogP contribution in [0.3, 0.4) is 0 Å². The Hall–Kier alpha value is -3.62. The van der Waals surface area contributed by atoms with Crippen LogP contribution in [0, 0.1) is 0 Å². The molecule has 0 unspecified atom stereocenters. The summed E-state index contributed by atoms with van der Waals surface area (Å²) >= 11 is 7.85. The molecule has 7 nitrogen and oxygen atoms in total. The first-order chi connectivity index (χ1) is 15.6. The van der Waals surface area contributed by atoms with Crippen molar-refractivity contribution < 1.29 is 4.79 Å². The van der Waals surface area contributed by atoms with Gasteiger partial charge in [0.05, 0.1) is 11.9 Å². The molecule has 2 amide bonds. The van der Waals surface area contributed by atoms with Crippen molar-refractivity contribution in [2.24, 2.45) is 0 Å².